The maximum absolute atomic E-state index is 13.4. The summed E-state index contributed by atoms with van der Waals surface area (Å²) in [4.78, 5) is 19.9. The maximum atomic E-state index is 13.4. The second-order valence-corrected chi connectivity index (χ2v) is 9.95. The van der Waals surface area contributed by atoms with Crippen molar-refractivity contribution in [3.05, 3.63) is 87.7 Å². The summed E-state index contributed by atoms with van der Waals surface area (Å²) in [6, 6.07) is 17.4. The van der Waals surface area contributed by atoms with E-state index in [-0.39, 0.29) is 11.9 Å². The highest BCUT2D eigenvalue weighted by molar-refractivity contribution is 7.09. The van der Waals surface area contributed by atoms with Crippen LogP contribution in [0.15, 0.2) is 64.4 Å². The maximum Gasteiger partial charge on any atom is 0.254 e. The van der Waals surface area contributed by atoms with Crippen molar-refractivity contribution in [2.24, 2.45) is 5.73 Å². The number of nitrogens with zero attached hydrogens (tertiary/aromatic N) is 4. The zero-order valence-corrected chi connectivity index (χ0v) is 20.1. The van der Waals surface area contributed by atoms with Crippen molar-refractivity contribution in [2.75, 3.05) is 6.54 Å². The predicted molar refractivity (Wildman–Crippen MR) is 131 cm³/mol. The fraction of sp³-hybridized carbons (Fsp3) is 0.308. The molecule has 7 nitrogen and oxygen atoms in total. The quantitative estimate of drug-likeness (QED) is 0.428. The van der Waals surface area contributed by atoms with Crippen LogP contribution in [0, 0.1) is 6.92 Å². The summed E-state index contributed by atoms with van der Waals surface area (Å²) in [5.41, 5.74) is 9.10. The lowest BCUT2D eigenvalue weighted by Crippen LogP contribution is -2.35. The molecule has 2 unspecified atom stereocenters. The van der Waals surface area contributed by atoms with Gasteiger partial charge in [-0.2, -0.15) is 0 Å². The molecule has 1 amide bonds. The van der Waals surface area contributed by atoms with Gasteiger partial charge in [0.25, 0.3) is 5.91 Å². The highest BCUT2D eigenvalue weighted by atomic mass is 32.1. The molecular formula is C26H27N5O2S. The van der Waals surface area contributed by atoms with Gasteiger partial charge in [-0.15, -0.1) is 21.5 Å². The van der Waals surface area contributed by atoms with Gasteiger partial charge < -0.3 is 15.1 Å². The number of amides is 1. The standard InChI is InChI=1S/C26H27N5O2S/c1-17-16-34-23(28-17)21-12-7-13-31(21)24(32)20-11-6-10-19(14-20)22-29-30-25(33-22)26(2,27)15-18-8-4-3-5-9-18/h3-6,8-11,14,16,21H,7,12-13,15,27H2,1-2H3. The lowest BCUT2D eigenvalue weighted by molar-refractivity contribution is 0.0735. The molecule has 2 aromatic heterocycles. The summed E-state index contributed by atoms with van der Waals surface area (Å²) in [5, 5.41) is 11.5. The molecule has 174 valence electrons. The molecule has 1 aliphatic rings. The summed E-state index contributed by atoms with van der Waals surface area (Å²) >= 11 is 1.62. The van der Waals surface area contributed by atoms with Gasteiger partial charge in [0.2, 0.25) is 11.8 Å². The van der Waals surface area contributed by atoms with E-state index in [1.807, 2.05) is 78.7 Å². The molecule has 34 heavy (non-hydrogen) atoms. The normalized spacial score (nSPS) is 17.6. The van der Waals surface area contributed by atoms with E-state index in [0.29, 0.717) is 29.3 Å². The molecule has 2 N–H and O–H groups in total. The molecule has 0 radical (unpaired) electrons. The van der Waals surface area contributed by atoms with E-state index in [1.165, 1.54) is 0 Å². The lowest BCUT2D eigenvalue weighted by atomic mass is 9.94. The van der Waals surface area contributed by atoms with E-state index in [1.54, 1.807) is 11.3 Å². The summed E-state index contributed by atoms with van der Waals surface area (Å²) in [6.07, 6.45) is 2.47. The largest absolute Gasteiger partial charge is 0.419 e. The van der Waals surface area contributed by atoms with Gasteiger partial charge in [-0.25, -0.2) is 4.98 Å². The van der Waals surface area contributed by atoms with Gasteiger partial charge in [0, 0.05) is 28.7 Å². The van der Waals surface area contributed by atoms with Gasteiger partial charge in [-0.1, -0.05) is 36.4 Å². The van der Waals surface area contributed by atoms with Crippen LogP contribution < -0.4 is 5.73 Å². The van der Waals surface area contributed by atoms with Gasteiger partial charge in [-0.05, 0) is 56.9 Å². The number of nitrogens with two attached hydrogens (primary N) is 1. The number of carbonyl (C=O) groups is 1. The van der Waals surface area contributed by atoms with E-state index in [0.717, 1.165) is 35.7 Å². The predicted octanol–water partition coefficient (Wildman–Crippen LogP) is 4.90. The van der Waals surface area contributed by atoms with E-state index < -0.39 is 5.54 Å². The Labute approximate surface area is 202 Å². The van der Waals surface area contributed by atoms with Crippen LogP contribution in [0.25, 0.3) is 11.5 Å². The molecule has 1 fully saturated rings. The van der Waals surface area contributed by atoms with Crippen molar-refractivity contribution in [3.8, 4) is 11.5 Å². The Balaban J connectivity index is 1.36. The lowest BCUT2D eigenvalue weighted by Gasteiger charge is -2.23. The summed E-state index contributed by atoms with van der Waals surface area (Å²) < 4.78 is 5.98. The third-order valence-electron chi connectivity index (χ3n) is 6.12. The average Bonchev–Trinajstić information content (AvgIpc) is 3.59. The molecule has 2 aromatic carbocycles. The van der Waals surface area contributed by atoms with Crippen LogP contribution in [0.1, 0.15) is 58.3 Å². The highest BCUT2D eigenvalue weighted by Gasteiger charge is 2.33. The summed E-state index contributed by atoms with van der Waals surface area (Å²) in [6.45, 7) is 4.59. The first-order valence-electron chi connectivity index (χ1n) is 11.4. The van der Waals surface area contributed by atoms with Crippen LogP contribution in [-0.2, 0) is 12.0 Å². The Morgan fingerprint density at radius 1 is 1.21 bits per heavy atom. The van der Waals surface area contributed by atoms with Gasteiger partial charge in [0.15, 0.2) is 0 Å². The van der Waals surface area contributed by atoms with Gasteiger partial charge in [0.1, 0.15) is 5.01 Å². The van der Waals surface area contributed by atoms with Crippen molar-refractivity contribution in [1.82, 2.24) is 20.1 Å². The Morgan fingerprint density at radius 3 is 2.79 bits per heavy atom. The molecule has 0 bridgehead atoms. The number of hydrogen-bond acceptors (Lipinski definition) is 7. The summed E-state index contributed by atoms with van der Waals surface area (Å²) in [5.74, 6) is 0.703. The Morgan fingerprint density at radius 2 is 2.03 bits per heavy atom. The molecule has 5 rings (SSSR count). The minimum absolute atomic E-state index is 0.00955. The van der Waals surface area contributed by atoms with Crippen LogP contribution in [-0.4, -0.2) is 32.5 Å². The molecule has 1 aliphatic heterocycles. The van der Waals surface area contributed by atoms with Crippen molar-refractivity contribution in [1.29, 1.82) is 0 Å². The third kappa shape index (κ3) is 4.51. The van der Waals surface area contributed by atoms with Crippen LogP contribution >= 0.6 is 11.3 Å². The van der Waals surface area contributed by atoms with E-state index in [9.17, 15) is 4.79 Å². The number of thiazole rings is 1. The van der Waals surface area contributed by atoms with Gasteiger partial charge in [-0.3, -0.25) is 4.79 Å². The number of aromatic nitrogens is 3. The molecule has 0 aliphatic carbocycles. The summed E-state index contributed by atoms with van der Waals surface area (Å²) in [7, 11) is 0. The first-order chi connectivity index (χ1) is 16.4. The number of hydrogen-bond donors (Lipinski definition) is 1. The number of carbonyl (C=O) groups excluding carboxylic acids is 1. The minimum atomic E-state index is -0.811. The number of rotatable bonds is 6. The van der Waals surface area contributed by atoms with Crippen LogP contribution in [0.5, 0.6) is 0 Å². The number of aryl methyl sites for hydroxylation is 1. The van der Waals surface area contributed by atoms with E-state index >= 15 is 0 Å². The molecule has 0 saturated carbocycles. The van der Waals surface area contributed by atoms with Gasteiger partial charge >= 0.3 is 0 Å². The fourth-order valence-corrected chi connectivity index (χ4v) is 5.35. The second-order valence-electron chi connectivity index (χ2n) is 9.06. The van der Waals surface area contributed by atoms with Crippen molar-refractivity contribution < 1.29 is 9.21 Å². The van der Waals surface area contributed by atoms with Crippen LogP contribution in [0.2, 0.25) is 0 Å². The smallest absolute Gasteiger partial charge is 0.254 e. The van der Waals surface area contributed by atoms with Crippen LogP contribution in [0.4, 0.5) is 0 Å². The zero-order valence-electron chi connectivity index (χ0n) is 19.3. The zero-order chi connectivity index (χ0) is 23.7. The topological polar surface area (TPSA) is 98.1 Å². The molecule has 4 aromatic rings. The Kier molecular flexibility index (Phi) is 6.02. The van der Waals surface area contributed by atoms with E-state index in [4.69, 9.17) is 10.2 Å². The number of likely N-dealkylation sites (tertiary alicyclic amines) is 1. The average molecular weight is 474 g/mol. The van der Waals surface area contributed by atoms with Gasteiger partial charge in [0.05, 0.1) is 11.6 Å². The van der Waals surface area contributed by atoms with Crippen molar-refractivity contribution in [3.63, 3.8) is 0 Å². The molecule has 2 atom stereocenters. The first-order valence-corrected chi connectivity index (χ1v) is 12.3. The van der Waals surface area contributed by atoms with Crippen LogP contribution in [0.3, 0.4) is 0 Å². The first kappa shape index (κ1) is 22.4. The molecule has 1 saturated heterocycles. The van der Waals surface area contributed by atoms with E-state index in [2.05, 4.69) is 15.2 Å². The SMILES string of the molecule is Cc1csc(C2CCCN2C(=O)c2cccc(-c3nnc(C(C)(N)Cc4ccccc4)o3)c2)n1. The second kappa shape index (κ2) is 9.12. The monoisotopic (exact) mass is 473 g/mol. The van der Waals surface area contributed by atoms with Crippen molar-refractivity contribution >= 4 is 17.2 Å². The molecule has 0 spiro atoms. The minimum Gasteiger partial charge on any atom is -0.419 e. The Bertz CT molecular complexity index is 1300. The third-order valence-corrected chi connectivity index (χ3v) is 7.18. The number of benzene rings is 2. The highest BCUT2D eigenvalue weighted by Crippen LogP contribution is 2.35. The molecular weight excluding hydrogens is 446 g/mol. The Hall–Kier alpha value is -3.36. The molecule has 8 heteroatoms. The fourth-order valence-electron chi connectivity index (χ4n) is 4.41. The van der Waals surface area contributed by atoms with Crippen molar-refractivity contribution in [2.45, 2.75) is 44.7 Å². The molecule has 3 heterocycles.